The summed E-state index contributed by atoms with van der Waals surface area (Å²) in [4.78, 5) is 12.7. The van der Waals surface area contributed by atoms with Crippen molar-refractivity contribution < 1.29 is 30.3 Å². The van der Waals surface area contributed by atoms with Gasteiger partial charge in [0, 0.05) is 18.9 Å². The minimum atomic E-state index is -4.83. The van der Waals surface area contributed by atoms with Crippen molar-refractivity contribution in [3.8, 4) is 6.07 Å². The van der Waals surface area contributed by atoms with Crippen molar-refractivity contribution in [2.75, 3.05) is 17.2 Å². The van der Waals surface area contributed by atoms with Gasteiger partial charge in [0.2, 0.25) is 5.91 Å². The fraction of sp³-hybridized carbons (Fsp3) is 0.385. The lowest BCUT2D eigenvalue weighted by Crippen LogP contribution is -2.28. The van der Waals surface area contributed by atoms with Crippen LogP contribution >= 0.6 is 0 Å². The predicted molar refractivity (Wildman–Crippen MR) is 71.5 cm³/mol. The van der Waals surface area contributed by atoms with E-state index < -0.39 is 45.2 Å². The van der Waals surface area contributed by atoms with E-state index in [0.29, 0.717) is 6.07 Å². The minimum absolute atomic E-state index is 0.226. The number of hydrogen-bond donors (Lipinski definition) is 0. The van der Waals surface area contributed by atoms with Gasteiger partial charge < -0.3 is 4.90 Å². The predicted octanol–water partition coefficient (Wildman–Crippen LogP) is 2.23. The molecule has 10 heteroatoms. The summed E-state index contributed by atoms with van der Waals surface area (Å²) in [6, 6.07) is 4.29. The van der Waals surface area contributed by atoms with Crippen LogP contribution in [0.15, 0.2) is 18.2 Å². The molecule has 1 atom stereocenters. The van der Waals surface area contributed by atoms with Crippen molar-refractivity contribution >= 4 is 21.8 Å². The zero-order chi connectivity index (χ0) is 17.4. The molecule has 1 unspecified atom stereocenters. The first-order chi connectivity index (χ1) is 10.5. The van der Waals surface area contributed by atoms with Crippen molar-refractivity contribution in [2.45, 2.75) is 12.6 Å². The highest BCUT2D eigenvalue weighted by molar-refractivity contribution is 7.86. The molecule has 1 saturated heterocycles. The molecule has 0 spiro atoms. The molecule has 1 amide bonds. The molecule has 1 aliphatic heterocycles. The Labute approximate surface area is 129 Å². The maximum Gasteiger partial charge on any atom is 0.418 e. The quantitative estimate of drug-likeness (QED) is 0.619. The third-order valence-electron chi connectivity index (χ3n) is 3.36. The highest BCUT2D eigenvalue weighted by Crippen LogP contribution is 2.39. The van der Waals surface area contributed by atoms with Gasteiger partial charge in [-0.2, -0.15) is 26.9 Å². The molecule has 5 nitrogen and oxygen atoms in total. The van der Waals surface area contributed by atoms with Gasteiger partial charge in [0.15, 0.2) is 0 Å². The number of halogens is 4. The van der Waals surface area contributed by atoms with Gasteiger partial charge in [0.25, 0.3) is 0 Å². The lowest BCUT2D eigenvalue weighted by molar-refractivity contribution is -0.137. The first-order valence-electron chi connectivity index (χ1n) is 6.35. The van der Waals surface area contributed by atoms with E-state index in [-0.39, 0.29) is 18.5 Å². The molecule has 23 heavy (non-hydrogen) atoms. The van der Waals surface area contributed by atoms with Gasteiger partial charge in [-0.15, -0.1) is 3.89 Å². The monoisotopic (exact) mass is 350 g/mol. The first kappa shape index (κ1) is 17.2. The topological polar surface area (TPSA) is 78.2 Å². The molecule has 1 fully saturated rings. The van der Waals surface area contributed by atoms with E-state index in [1.165, 1.54) is 0 Å². The molecule has 0 radical (unpaired) electrons. The van der Waals surface area contributed by atoms with Crippen LogP contribution in [0.2, 0.25) is 0 Å². The van der Waals surface area contributed by atoms with E-state index in [2.05, 4.69) is 0 Å². The number of nitriles is 1. The van der Waals surface area contributed by atoms with Crippen LogP contribution in [0, 0.1) is 17.2 Å². The zero-order valence-electron chi connectivity index (χ0n) is 11.5. The molecule has 0 aromatic heterocycles. The number of hydrogen-bond acceptors (Lipinski definition) is 4. The summed E-state index contributed by atoms with van der Waals surface area (Å²) in [6.07, 6.45) is -5.16. The maximum absolute atomic E-state index is 13.1. The van der Waals surface area contributed by atoms with Crippen molar-refractivity contribution in [3.05, 3.63) is 29.3 Å². The highest BCUT2D eigenvalue weighted by atomic mass is 32.3. The van der Waals surface area contributed by atoms with Crippen molar-refractivity contribution in [1.29, 1.82) is 5.26 Å². The molecule has 1 heterocycles. The molecule has 124 valence electrons. The maximum atomic E-state index is 13.1. The number of benzene rings is 1. The number of anilines is 1. The summed E-state index contributed by atoms with van der Waals surface area (Å²) in [5.74, 6) is -2.57. The van der Waals surface area contributed by atoms with Crippen LogP contribution in [0.1, 0.15) is 17.5 Å². The van der Waals surface area contributed by atoms with Gasteiger partial charge in [-0.1, -0.05) is 0 Å². The molecule has 1 aliphatic rings. The van der Waals surface area contributed by atoms with E-state index in [9.17, 15) is 30.3 Å². The van der Waals surface area contributed by atoms with Gasteiger partial charge >= 0.3 is 16.4 Å². The van der Waals surface area contributed by atoms with E-state index in [1.54, 1.807) is 6.07 Å². The Bertz CT molecular complexity index is 783. The number of nitrogens with zero attached hydrogens (tertiary/aromatic N) is 2. The second-order valence-electron chi connectivity index (χ2n) is 5.12. The number of alkyl halides is 3. The molecule has 0 aliphatic carbocycles. The summed E-state index contributed by atoms with van der Waals surface area (Å²) in [7, 11) is -4.83. The van der Waals surface area contributed by atoms with E-state index in [0.717, 1.165) is 17.0 Å². The number of carbonyl (C=O) groups is 1. The highest BCUT2D eigenvalue weighted by Gasteiger charge is 2.40. The zero-order valence-corrected chi connectivity index (χ0v) is 12.3. The third-order valence-corrected chi connectivity index (χ3v) is 4.23. The van der Waals surface area contributed by atoms with Crippen LogP contribution in [-0.4, -0.2) is 26.6 Å². The second-order valence-corrected chi connectivity index (χ2v) is 6.53. The van der Waals surface area contributed by atoms with Crippen molar-refractivity contribution in [2.24, 2.45) is 5.92 Å². The number of carbonyl (C=O) groups excluding carboxylic acids is 1. The van der Waals surface area contributed by atoms with Gasteiger partial charge in [-0.05, 0) is 18.2 Å². The molecule has 1 aromatic carbocycles. The summed E-state index contributed by atoms with van der Waals surface area (Å²) in [5, 5.41) is 8.70. The third kappa shape index (κ3) is 3.98. The molecule has 1 aromatic rings. The van der Waals surface area contributed by atoms with Crippen LogP contribution in [0.25, 0.3) is 0 Å². The standard InChI is InChI=1S/C13H10F4N2O3S/c14-13(15,16)10-3-8(5-18)1-2-11(10)19-6-9(4-12(19)20)7-23(17,21)22/h1-3,9H,4,6-7H2. The lowest BCUT2D eigenvalue weighted by atomic mass is 10.1. The summed E-state index contributed by atoms with van der Waals surface area (Å²) in [6.45, 7) is -0.336. The molecular formula is C13H10F4N2O3S. The van der Waals surface area contributed by atoms with E-state index in [4.69, 9.17) is 5.26 Å². The molecule has 0 bridgehead atoms. The summed E-state index contributed by atoms with van der Waals surface area (Å²) in [5.41, 5.74) is -1.87. The molecule has 0 N–H and O–H groups in total. The van der Waals surface area contributed by atoms with Crippen LogP contribution in [0.5, 0.6) is 0 Å². The minimum Gasteiger partial charge on any atom is -0.311 e. The van der Waals surface area contributed by atoms with Crippen LogP contribution in [-0.2, 0) is 21.2 Å². The molecule has 0 saturated carbocycles. The van der Waals surface area contributed by atoms with Crippen LogP contribution < -0.4 is 4.90 Å². The summed E-state index contributed by atoms with van der Waals surface area (Å²) < 4.78 is 73.3. The van der Waals surface area contributed by atoms with Crippen LogP contribution in [0.4, 0.5) is 22.7 Å². The second kappa shape index (κ2) is 5.81. The Morgan fingerprint density at radius 1 is 1.35 bits per heavy atom. The number of amides is 1. The van der Waals surface area contributed by atoms with Gasteiger partial charge in [-0.3, -0.25) is 4.79 Å². The van der Waals surface area contributed by atoms with Gasteiger partial charge in [0.05, 0.1) is 28.6 Å². The molecular weight excluding hydrogens is 340 g/mol. The van der Waals surface area contributed by atoms with Gasteiger partial charge in [0.1, 0.15) is 0 Å². The molecule has 2 rings (SSSR count). The first-order valence-corrected chi connectivity index (χ1v) is 7.90. The van der Waals surface area contributed by atoms with Crippen molar-refractivity contribution in [3.63, 3.8) is 0 Å². The van der Waals surface area contributed by atoms with Crippen LogP contribution in [0.3, 0.4) is 0 Å². The SMILES string of the molecule is N#Cc1ccc(N2CC(CS(=O)(=O)F)CC2=O)c(C(F)(F)F)c1. The Hall–Kier alpha value is -2.15. The average Bonchev–Trinajstić information content (AvgIpc) is 2.75. The fourth-order valence-electron chi connectivity index (χ4n) is 2.48. The average molecular weight is 350 g/mol. The van der Waals surface area contributed by atoms with E-state index >= 15 is 0 Å². The van der Waals surface area contributed by atoms with E-state index in [1.807, 2.05) is 0 Å². The Morgan fingerprint density at radius 3 is 2.52 bits per heavy atom. The summed E-state index contributed by atoms with van der Waals surface area (Å²) >= 11 is 0. The van der Waals surface area contributed by atoms with Gasteiger partial charge in [-0.25, -0.2) is 0 Å². The fourth-order valence-corrected chi connectivity index (χ4v) is 3.26. The van der Waals surface area contributed by atoms with Crippen molar-refractivity contribution in [1.82, 2.24) is 0 Å². The Kier molecular flexibility index (Phi) is 4.34. The lowest BCUT2D eigenvalue weighted by Gasteiger charge is -2.21. The number of rotatable bonds is 3. The Morgan fingerprint density at radius 2 is 2.00 bits per heavy atom. The normalized spacial score (nSPS) is 19.0. The Balaban J connectivity index is 2.39. The largest absolute Gasteiger partial charge is 0.418 e. The smallest absolute Gasteiger partial charge is 0.311 e.